The molecule has 2 rings (SSSR count). The second kappa shape index (κ2) is 7.75. The Balaban J connectivity index is 2.65. The van der Waals surface area contributed by atoms with Crippen LogP contribution in [0.1, 0.15) is 38.7 Å². The third-order valence-corrected chi connectivity index (χ3v) is 4.77. The second-order valence-corrected chi connectivity index (χ2v) is 6.93. The Morgan fingerprint density at radius 1 is 1.11 bits per heavy atom. The van der Waals surface area contributed by atoms with Gasteiger partial charge in [0.1, 0.15) is 11.9 Å². The van der Waals surface area contributed by atoms with Gasteiger partial charge in [-0.05, 0) is 6.07 Å². The number of para-hydroxylation sites is 1. The number of aliphatic hydroxyl groups is 1. The number of halogens is 3. The standard InChI is InChI=1S/C14H11F3N4O5S/c1-21(27(25,26)14(16)17)11-7(3-2-4-8(11)15)12(24)13-19-9(5-22)18-10(6-23)20-13/h2-6,12,14,24H,1H3. The van der Waals surface area contributed by atoms with E-state index >= 15 is 0 Å². The first-order chi connectivity index (χ1) is 12.6. The lowest BCUT2D eigenvalue weighted by molar-refractivity contribution is 0.110. The van der Waals surface area contributed by atoms with Crippen molar-refractivity contribution in [2.45, 2.75) is 11.9 Å². The molecule has 1 N–H and O–H groups in total. The number of aromatic nitrogens is 3. The maximum atomic E-state index is 14.2. The van der Waals surface area contributed by atoms with Crippen LogP contribution in [0.4, 0.5) is 18.9 Å². The zero-order valence-electron chi connectivity index (χ0n) is 13.5. The fourth-order valence-electron chi connectivity index (χ4n) is 2.13. The van der Waals surface area contributed by atoms with Crippen molar-refractivity contribution in [3.05, 3.63) is 47.1 Å². The van der Waals surface area contributed by atoms with E-state index in [2.05, 4.69) is 15.0 Å². The second-order valence-electron chi connectivity index (χ2n) is 5.00. The molecule has 0 saturated carbocycles. The number of hydrogen-bond acceptors (Lipinski definition) is 8. The summed E-state index contributed by atoms with van der Waals surface area (Å²) in [4.78, 5) is 32.2. The Labute approximate surface area is 150 Å². The van der Waals surface area contributed by atoms with E-state index in [1.165, 1.54) is 0 Å². The van der Waals surface area contributed by atoms with Gasteiger partial charge in [-0.2, -0.15) is 8.78 Å². The fraction of sp³-hybridized carbons (Fsp3) is 0.214. The van der Waals surface area contributed by atoms with Crippen LogP contribution in [0.2, 0.25) is 0 Å². The zero-order chi connectivity index (χ0) is 20.4. The lowest BCUT2D eigenvalue weighted by Gasteiger charge is -2.24. The third kappa shape index (κ3) is 3.93. The van der Waals surface area contributed by atoms with Gasteiger partial charge >= 0.3 is 5.76 Å². The highest BCUT2D eigenvalue weighted by Gasteiger charge is 2.34. The SMILES string of the molecule is CN(c1c(F)cccc1C(O)c1nc(C=O)nc(C=O)n1)S(=O)(=O)C(F)F. The molecule has 0 radical (unpaired) electrons. The van der Waals surface area contributed by atoms with E-state index in [4.69, 9.17) is 0 Å². The molecule has 0 fully saturated rings. The molecule has 27 heavy (non-hydrogen) atoms. The third-order valence-electron chi connectivity index (χ3n) is 3.38. The molecule has 0 aliphatic heterocycles. The Morgan fingerprint density at radius 3 is 2.15 bits per heavy atom. The highest BCUT2D eigenvalue weighted by molar-refractivity contribution is 7.93. The molecule has 0 spiro atoms. The first-order valence-electron chi connectivity index (χ1n) is 7.02. The zero-order valence-corrected chi connectivity index (χ0v) is 14.3. The summed E-state index contributed by atoms with van der Waals surface area (Å²) in [5, 5.41) is 10.4. The molecule has 0 saturated heterocycles. The van der Waals surface area contributed by atoms with Crippen LogP contribution in [-0.2, 0) is 10.0 Å². The van der Waals surface area contributed by atoms with Crippen molar-refractivity contribution in [1.82, 2.24) is 15.0 Å². The average molecular weight is 404 g/mol. The van der Waals surface area contributed by atoms with Crippen molar-refractivity contribution in [2.75, 3.05) is 11.4 Å². The minimum absolute atomic E-state index is 0.0198. The largest absolute Gasteiger partial charge is 0.380 e. The smallest absolute Gasteiger partial charge is 0.355 e. The Hall–Kier alpha value is -2.93. The number of aliphatic hydroxyl groups excluding tert-OH is 1. The molecule has 9 nitrogen and oxygen atoms in total. The number of anilines is 1. The Morgan fingerprint density at radius 2 is 1.67 bits per heavy atom. The fourth-order valence-corrected chi connectivity index (χ4v) is 2.81. The molecule has 144 valence electrons. The Bertz CT molecular complexity index is 960. The van der Waals surface area contributed by atoms with E-state index in [1.807, 2.05) is 0 Å². The van der Waals surface area contributed by atoms with E-state index in [-0.39, 0.29) is 16.9 Å². The molecule has 1 aromatic heterocycles. The number of alkyl halides is 2. The van der Waals surface area contributed by atoms with Crippen LogP contribution in [0, 0.1) is 5.82 Å². The number of nitrogens with zero attached hydrogens (tertiary/aromatic N) is 4. The molecular weight excluding hydrogens is 393 g/mol. The average Bonchev–Trinajstić information content (AvgIpc) is 2.65. The number of benzene rings is 1. The molecule has 0 aliphatic carbocycles. The highest BCUT2D eigenvalue weighted by Crippen LogP contribution is 2.33. The van der Waals surface area contributed by atoms with Gasteiger partial charge in [-0.1, -0.05) is 12.1 Å². The van der Waals surface area contributed by atoms with Crippen LogP contribution in [0.25, 0.3) is 0 Å². The summed E-state index contributed by atoms with van der Waals surface area (Å²) in [6.45, 7) is 0. The molecule has 1 aromatic carbocycles. The van der Waals surface area contributed by atoms with Gasteiger partial charge < -0.3 is 5.11 Å². The van der Waals surface area contributed by atoms with Crippen LogP contribution in [-0.4, -0.2) is 53.9 Å². The molecule has 2 aromatic rings. The van der Waals surface area contributed by atoms with E-state index in [1.54, 1.807) is 0 Å². The van der Waals surface area contributed by atoms with E-state index in [0.717, 1.165) is 18.2 Å². The number of rotatable bonds is 7. The predicted octanol–water partition coefficient (Wildman–Crippen LogP) is 0.706. The van der Waals surface area contributed by atoms with Crippen molar-refractivity contribution >= 4 is 28.3 Å². The summed E-state index contributed by atoms with van der Waals surface area (Å²) in [6.07, 6.45) is -1.64. The maximum absolute atomic E-state index is 14.2. The van der Waals surface area contributed by atoms with Crippen molar-refractivity contribution in [3.63, 3.8) is 0 Å². The van der Waals surface area contributed by atoms with Gasteiger partial charge in [0, 0.05) is 12.6 Å². The normalized spacial score (nSPS) is 12.7. The summed E-state index contributed by atoms with van der Waals surface area (Å²) >= 11 is 0. The number of carbonyl (C=O) groups is 2. The molecule has 13 heteroatoms. The van der Waals surface area contributed by atoms with E-state index < -0.39 is 56.4 Å². The summed E-state index contributed by atoms with van der Waals surface area (Å²) < 4.78 is 63.2. The number of sulfonamides is 1. The maximum Gasteiger partial charge on any atom is 0.355 e. The van der Waals surface area contributed by atoms with Crippen molar-refractivity contribution in [3.8, 4) is 0 Å². The first kappa shape index (κ1) is 20.4. The predicted molar refractivity (Wildman–Crippen MR) is 84.4 cm³/mol. The van der Waals surface area contributed by atoms with Crippen LogP contribution >= 0.6 is 0 Å². The van der Waals surface area contributed by atoms with Gasteiger partial charge in [-0.15, -0.1) is 0 Å². The monoisotopic (exact) mass is 404 g/mol. The Kier molecular flexibility index (Phi) is 5.85. The van der Waals surface area contributed by atoms with Gasteiger partial charge in [0.05, 0.1) is 5.69 Å². The summed E-state index contributed by atoms with van der Waals surface area (Å²) in [7, 11) is -4.56. The van der Waals surface area contributed by atoms with E-state index in [9.17, 15) is 36.3 Å². The molecule has 1 atom stereocenters. The minimum atomic E-state index is -5.23. The van der Waals surface area contributed by atoms with Gasteiger partial charge in [0.2, 0.25) is 0 Å². The van der Waals surface area contributed by atoms with Gasteiger partial charge in [-0.3, -0.25) is 13.9 Å². The lowest BCUT2D eigenvalue weighted by Crippen LogP contribution is -2.33. The van der Waals surface area contributed by atoms with Crippen LogP contribution in [0.15, 0.2) is 18.2 Å². The quantitative estimate of drug-likeness (QED) is 0.668. The van der Waals surface area contributed by atoms with Gasteiger partial charge in [0.15, 0.2) is 30.0 Å². The molecular formula is C14H11F3N4O5S. The first-order valence-corrected chi connectivity index (χ1v) is 8.52. The van der Waals surface area contributed by atoms with Gasteiger partial charge in [0.25, 0.3) is 10.0 Å². The number of aldehydes is 2. The summed E-state index contributed by atoms with van der Waals surface area (Å²) in [5.41, 5.74) is -1.35. The summed E-state index contributed by atoms with van der Waals surface area (Å²) in [6, 6.07) is 2.93. The molecule has 1 heterocycles. The van der Waals surface area contributed by atoms with E-state index in [0.29, 0.717) is 7.05 Å². The highest BCUT2D eigenvalue weighted by atomic mass is 32.2. The molecule has 1 unspecified atom stereocenters. The van der Waals surface area contributed by atoms with Crippen molar-refractivity contribution < 1.29 is 36.3 Å². The van der Waals surface area contributed by atoms with Crippen LogP contribution < -0.4 is 4.31 Å². The van der Waals surface area contributed by atoms with Gasteiger partial charge in [-0.25, -0.2) is 27.8 Å². The van der Waals surface area contributed by atoms with Crippen molar-refractivity contribution in [2.24, 2.45) is 0 Å². The topological polar surface area (TPSA) is 130 Å². The minimum Gasteiger partial charge on any atom is -0.380 e. The van der Waals surface area contributed by atoms with Crippen molar-refractivity contribution in [1.29, 1.82) is 0 Å². The lowest BCUT2D eigenvalue weighted by atomic mass is 10.1. The number of hydrogen-bond donors (Lipinski definition) is 1. The molecule has 0 aliphatic rings. The number of carbonyl (C=O) groups excluding carboxylic acids is 2. The van der Waals surface area contributed by atoms with Crippen LogP contribution in [0.3, 0.4) is 0 Å². The molecule has 0 bridgehead atoms. The van der Waals surface area contributed by atoms with Crippen LogP contribution in [0.5, 0.6) is 0 Å². The molecule has 0 amide bonds. The summed E-state index contributed by atoms with van der Waals surface area (Å²) in [5.74, 6) is -6.68.